The minimum atomic E-state index is -0.207. The molecule has 2 aromatic rings. The Labute approximate surface area is 146 Å². The van der Waals surface area contributed by atoms with Crippen LogP contribution >= 0.6 is 11.6 Å². The number of methoxy groups -OCH3 is 1. The highest BCUT2D eigenvalue weighted by molar-refractivity contribution is 6.31. The van der Waals surface area contributed by atoms with Gasteiger partial charge in [-0.15, -0.1) is 0 Å². The maximum absolute atomic E-state index is 11.7. The van der Waals surface area contributed by atoms with Crippen LogP contribution in [0.15, 0.2) is 42.5 Å². The molecule has 0 spiro atoms. The molecule has 2 rings (SSSR count). The Balaban J connectivity index is 1.64. The summed E-state index contributed by atoms with van der Waals surface area (Å²) < 4.78 is 16.0. The molecular formula is C18H20ClNO4. The summed E-state index contributed by atoms with van der Waals surface area (Å²) >= 11 is 5.94. The Kier molecular flexibility index (Phi) is 6.75. The lowest BCUT2D eigenvalue weighted by molar-refractivity contribution is -0.123. The molecule has 24 heavy (non-hydrogen) atoms. The summed E-state index contributed by atoms with van der Waals surface area (Å²) in [7, 11) is 1.61. The summed E-state index contributed by atoms with van der Waals surface area (Å²) in [5.41, 5.74) is 0.905. The second kappa shape index (κ2) is 9.03. The van der Waals surface area contributed by atoms with Crippen LogP contribution in [-0.4, -0.2) is 32.8 Å². The number of rotatable bonds is 8. The van der Waals surface area contributed by atoms with Gasteiger partial charge in [0.15, 0.2) is 6.61 Å². The Hall–Kier alpha value is -2.40. The highest BCUT2D eigenvalue weighted by Crippen LogP contribution is 2.20. The molecule has 0 atom stereocenters. The molecule has 0 aliphatic heterocycles. The quantitative estimate of drug-likeness (QED) is 0.743. The molecule has 0 radical (unpaired) electrons. The maximum Gasteiger partial charge on any atom is 0.258 e. The van der Waals surface area contributed by atoms with Crippen molar-refractivity contribution in [1.29, 1.82) is 0 Å². The van der Waals surface area contributed by atoms with E-state index in [0.717, 1.165) is 17.1 Å². The molecule has 2 aromatic carbocycles. The van der Waals surface area contributed by atoms with Crippen LogP contribution in [0.5, 0.6) is 17.2 Å². The van der Waals surface area contributed by atoms with Crippen molar-refractivity contribution in [1.82, 2.24) is 5.32 Å². The number of hydrogen-bond acceptors (Lipinski definition) is 4. The van der Waals surface area contributed by atoms with E-state index in [4.69, 9.17) is 25.8 Å². The fourth-order valence-electron chi connectivity index (χ4n) is 1.94. The molecule has 0 aliphatic rings. The van der Waals surface area contributed by atoms with E-state index in [1.165, 1.54) is 0 Å². The first kappa shape index (κ1) is 17.9. The third kappa shape index (κ3) is 5.66. The van der Waals surface area contributed by atoms with Crippen molar-refractivity contribution in [3.05, 3.63) is 53.1 Å². The Morgan fingerprint density at radius 1 is 1.04 bits per heavy atom. The van der Waals surface area contributed by atoms with Gasteiger partial charge in [-0.05, 0) is 55.0 Å². The molecule has 5 nitrogen and oxygen atoms in total. The highest BCUT2D eigenvalue weighted by atomic mass is 35.5. The van der Waals surface area contributed by atoms with E-state index in [1.807, 2.05) is 31.2 Å². The molecule has 1 amide bonds. The van der Waals surface area contributed by atoms with Crippen LogP contribution in [0.1, 0.15) is 5.56 Å². The normalized spacial score (nSPS) is 10.1. The molecule has 0 bridgehead atoms. The zero-order chi connectivity index (χ0) is 17.4. The van der Waals surface area contributed by atoms with E-state index in [0.29, 0.717) is 23.9 Å². The summed E-state index contributed by atoms with van der Waals surface area (Å²) in [6.45, 7) is 2.60. The number of halogens is 1. The number of aryl methyl sites for hydroxylation is 1. The first-order chi connectivity index (χ1) is 11.6. The smallest absolute Gasteiger partial charge is 0.258 e. The monoisotopic (exact) mass is 349 g/mol. The third-order valence-electron chi connectivity index (χ3n) is 3.25. The van der Waals surface area contributed by atoms with Gasteiger partial charge in [0, 0.05) is 5.02 Å². The van der Waals surface area contributed by atoms with E-state index >= 15 is 0 Å². The van der Waals surface area contributed by atoms with Gasteiger partial charge in [-0.1, -0.05) is 11.6 Å². The lowest BCUT2D eigenvalue weighted by Gasteiger charge is -2.10. The van der Waals surface area contributed by atoms with Gasteiger partial charge in [0.1, 0.15) is 23.9 Å². The maximum atomic E-state index is 11.7. The molecule has 0 unspecified atom stereocenters. The van der Waals surface area contributed by atoms with Crippen LogP contribution < -0.4 is 19.5 Å². The molecule has 1 N–H and O–H groups in total. The second-order valence-electron chi connectivity index (χ2n) is 5.07. The molecule has 0 saturated heterocycles. The van der Waals surface area contributed by atoms with Crippen molar-refractivity contribution in [3.8, 4) is 17.2 Å². The average Bonchev–Trinajstić information content (AvgIpc) is 2.60. The lowest BCUT2D eigenvalue weighted by Crippen LogP contribution is -2.32. The Bertz CT molecular complexity index is 673. The van der Waals surface area contributed by atoms with Crippen LogP contribution in [0.4, 0.5) is 0 Å². The van der Waals surface area contributed by atoms with Gasteiger partial charge < -0.3 is 19.5 Å². The first-order valence-corrected chi connectivity index (χ1v) is 7.89. The average molecular weight is 350 g/mol. The highest BCUT2D eigenvalue weighted by Gasteiger charge is 2.04. The standard InChI is InChI=1S/C18H20ClNO4/c1-13-11-16(7-8-17(13)19)24-12-18(21)20-9-10-23-15-5-3-14(22-2)4-6-15/h3-8,11H,9-10,12H2,1-2H3,(H,20,21). The Morgan fingerprint density at radius 2 is 1.71 bits per heavy atom. The number of nitrogens with one attached hydrogen (secondary N) is 1. The summed E-state index contributed by atoms with van der Waals surface area (Å²) in [5, 5.41) is 3.40. The SMILES string of the molecule is COc1ccc(OCCNC(=O)COc2ccc(Cl)c(C)c2)cc1. The van der Waals surface area contributed by atoms with Crippen LogP contribution in [0.25, 0.3) is 0 Å². The van der Waals surface area contributed by atoms with Crippen LogP contribution in [-0.2, 0) is 4.79 Å². The van der Waals surface area contributed by atoms with Crippen molar-refractivity contribution in [2.24, 2.45) is 0 Å². The van der Waals surface area contributed by atoms with Gasteiger partial charge in [-0.25, -0.2) is 0 Å². The van der Waals surface area contributed by atoms with E-state index < -0.39 is 0 Å². The molecule has 0 fully saturated rings. The zero-order valence-corrected chi connectivity index (χ0v) is 14.4. The van der Waals surface area contributed by atoms with Crippen LogP contribution in [0.2, 0.25) is 5.02 Å². The molecule has 6 heteroatoms. The summed E-state index contributed by atoms with van der Waals surface area (Å²) in [6.07, 6.45) is 0. The number of carbonyl (C=O) groups excluding carboxylic acids is 1. The van der Waals surface area contributed by atoms with Gasteiger partial charge in [-0.3, -0.25) is 4.79 Å². The number of benzene rings is 2. The van der Waals surface area contributed by atoms with E-state index in [9.17, 15) is 4.79 Å². The predicted molar refractivity (Wildman–Crippen MR) is 93.2 cm³/mol. The summed E-state index contributed by atoms with van der Waals surface area (Å²) in [6, 6.07) is 12.5. The molecule has 0 heterocycles. The largest absolute Gasteiger partial charge is 0.497 e. The zero-order valence-electron chi connectivity index (χ0n) is 13.7. The fraction of sp³-hybridized carbons (Fsp3) is 0.278. The molecule has 128 valence electrons. The van der Waals surface area contributed by atoms with Crippen molar-refractivity contribution in [3.63, 3.8) is 0 Å². The summed E-state index contributed by atoms with van der Waals surface area (Å²) in [4.78, 5) is 11.7. The van der Waals surface area contributed by atoms with Crippen LogP contribution in [0, 0.1) is 6.92 Å². The van der Waals surface area contributed by atoms with Crippen molar-refractivity contribution in [2.45, 2.75) is 6.92 Å². The first-order valence-electron chi connectivity index (χ1n) is 7.51. The van der Waals surface area contributed by atoms with Crippen molar-refractivity contribution < 1.29 is 19.0 Å². The van der Waals surface area contributed by atoms with E-state index in [2.05, 4.69) is 5.32 Å². The summed E-state index contributed by atoms with van der Waals surface area (Å²) in [5.74, 6) is 1.89. The van der Waals surface area contributed by atoms with Crippen molar-refractivity contribution in [2.75, 3.05) is 26.9 Å². The van der Waals surface area contributed by atoms with Gasteiger partial charge in [-0.2, -0.15) is 0 Å². The number of ether oxygens (including phenoxy) is 3. The van der Waals surface area contributed by atoms with Crippen LogP contribution in [0.3, 0.4) is 0 Å². The van der Waals surface area contributed by atoms with E-state index in [-0.39, 0.29) is 12.5 Å². The molecular weight excluding hydrogens is 330 g/mol. The van der Waals surface area contributed by atoms with Gasteiger partial charge >= 0.3 is 0 Å². The van der Waals surface area contributed by atoms with Gasteiger partial charge in [0.2, 0.25) is 0 Å². The van der Waals surface area contributed by atoms with Gasteiger partial charge in [0.25, 0.3) is 5.91 Å². The lowest BCUT2D eigenvalue weighted by atomic mass is 10.2. The fourth-order valence-corrected chi connectivity index (χ4v) is 2.06. The number of amides is 1. The van der Waals surface area contributed by atoms with Crippen molar-refractivity contribution >= 4 is 17.5 Å². The topological polar surface area (TPSA) is 56.8 Å². The minimum Gasteiger partial charge on any atom is -0.497 e. The Morgan fingerprint density at radius 3 is 2.38 bits per heavy atom. The predicted octanol–water partition coefficient (Wildman–Crippen LogP) is 3.23. The number of hydrogen-bond donors (Lipinski definition) is 1. The van der Waals surface area contributed by atoms with E-state index in [1.54, 1.807) is 25.3 Å². The molecule has 0 saturated carbocycles. The molecule has 0 aliphatic carbocycles. The second-order valence-corrected chi connectivity index (χ2v) is 5.48. The third-order valence-corrected chi connectivity index (χ3v) is 3.68. The number of carbonyl (C=O) groups is 1. The van der Waals surface area contributed by atoms with Gasteiger partial charge in [0.05, 0.1) is 13.7 Å². The minimum absolute atomic E-state index is 0.0520. The molecule has 0 aromatic heterocycles.